The molecule has 50 valence electrons. The lowest BCUT2D eigenvalue weighted by atomic mass is 10.0. The maximum atomic E-state index is 9.26. The lowest BCUT2D eigenvalue weighted by Gasteiger charge is -2.10. The van der Waals surface area contributed by atoms with E-state index in [-0.39, 0.29) is 6.10 Å². The first kappa shape index (κ1) is 6.56. The quantitative estimate of drug-likeness (QED) is 0.519. The molecule has 0 bridgehead atoms. The van der Waals surface area contributed by atoms with Crippen LogP contribution in [0.2, 0.25) is 0 Å². The maximum Gasteiger partial charge on any atom is 0.0634 e. The highest BCUT2D eigenvalue weighted by Crippen LogP contribution is 2.11. The Morgan fingerprint density at radius 1 is 1.44 bits per heavy atom. The van der Waals surface area contributed by atoms with Crippen LogP contribution in [0.25, 0.3) is 0 Å². The summed E-state index contributed by atoms with van der Waals surface area (Å²) in [6.07, 6.45) is 8.58. The number of rotatable bonds is 0. The standard InChI is InChI=1S/C8H12O/c1-7-5-3-2-4-6-8(7)9/h2-5,7-9H,6H2,1H3. The molecular formula is C8H12O. The van der Waals surface area contributed by atoms with Gasteiger partial charge in [-0.15, -0.1) is 0 Å². The van der Waals surface area contributed by atoms with Gasteiger partial charge in [0, 0.05) is 5.92 Å². The van der Waals surface area contributed by atoms with E-state index in [0.29, 0.717) is 5.92 Å². The fraction of sp³-hybridized carbons (Fsp3) is 0.500. The summed E-state index contributed by atoms with van der Waals surface area (Å²) in [5.74, 6) is 0.306. The van der Waals surface area contributed by atoms with Crippen LogP contribution in [0, 0.1) is 5.92 Å². The second-order valence-electron chi connectivity index (χ2n) is 2.48. The van der Waals surface area contributed by atoms with Gasteiger partial charge in [0.1, 0.15) is 0 Å². The van der Waals surface area contributed by atoms with Gasteiger partial charge in [-0.3, -0.25) is 0 Å². The van der Waals surface area contributed by atoms with Crippen molar-refractivity contribution in [3.05, 3.63) is 24.3 Å². The normalized spacial score (nSPS) is 34.4. The Bertz CT molecular complexity index is 136. The van der Waals surface area contributed by atoms with Gasteiger partial charge in [0.05, 0.1) is 6.10 Å². The fourth-order valence-corrected chi connectivity index (χ4v) is 0.879. The number of aliphatic hydroxyl groups excluding tert-OH is 1. The number of allylic oxidation sites excluding steroid dienone is 2. The summed E-state index contributed by atoms with van der Waals surface area (Å²) in [6, 6.07) is 0. The molecule has 2 atom stereocenters. The van der Waals surface area contributed by atoms with E-state index in [1.165, 1.54) is 0 Å². The molecule has 0 heterocycles. The third kappa shape index (κ3) is 1.68. The van der Waals surface area contributed by atoms with E-state index >= 15 is 0 Å². The molecule has 0 aromatic carbocycles. The zero-order valence-electron chi connectivity index (χ0n) is 5.62. The maximum absolute atomic E-state index is 9.26. The van der Waals surface area contributed by atoms with Crippen LogP contribution < -0.4 is 0 Å². The molecule has 0 aromatic rings. The highest BCUT2D eigenvalue weighted by atomic mass is 16.3. The topological polar surface area (TPSA) is 20.2 Å². The highest BCUT2D eigenvalue weighted by molar-refractivity contribution is 5.08. The summed E-state index contributed by atoms with van der Waals surface area (Å²) >= 11 is 0. The van der Waals surface area contributed by atoms with E-state index in [2.05, 4.69) is 0 Å². The first-order chi connectivity index (χ1) is 4.30. The Balaban J connectivity index is 2.58. The SMILES string of the molecule is CC1C=CC=CCC1O. The molecule has 1 aliphatic rings. The summed E-state index contributed by atoms with van der Waals surface area (Å²) in [4.78, 5) is 0. The van der Waals surface area contributed by atoms with Crippen molar-refractivity contribution in [3.8, 4) is 0 Å². The molecule has 1 heteroatoms. The van der Waals surface area contributed by atoms with Gasteiger partial charge >= 0.3 is 0 Å². The van der Waals surface area contributed by atoms with Gasteiger partial charge in [0.2, 0.25) is 0 Å². The Morgan fingerprint density at radius 2 is 2.22 bits per heavy atom. The van der Waals surface area contributed by atoms with Crippen molar-refractivity contribution in [2.24, 2.45) is 5.92 Å². The molecule has 0 aromatic heterocycles. The van der Waals surface area contributed by atoms with Crippen LogP contribution in [0.1, 0.15) is 13.3 Å². The van der Waals surface area contributed by atoms with Gasteiger partial charge in [-0.05, 0) is 6.42 Å². The van der Waals surface area contributed by atoms with Gasteiger partial charge in [0.25, 0.3) is 0 Å². The molecule has 0 fully saturated rings. The molecule has 0 saturated heterocycles. The molecular weight excluding hydrogens is 112 g/mol. The van der Waals surface area contributed by atoms with Crippen LogP contribution in [0.15, 0.2) is 24.3 Å². The number of hydrogen-bond acceptors (Lipinski definition) is 1. The molecule has 0 aliphatic heterocycles. The lowest BCUT2D eigenvalue weighted by molar-refractivity contribution is 0.141. The van der Waals surface area contributed by atoms with Crippen LogP contribution in [0.5, 0.6) is 0 Å². The highest BCUT2D eigenvalue weighted by Gasteiger charge is 2.09. The Labute approximate surface area is 55.7 Å². The van der Waals surface area contributed by atoms with Crippen molar-refractivity contribution in [1.29, 1.82) is 0 Å². The van der Waals surface area contributed by atoms with Gasteiger partial charge in [-0.25, -0.2) is 0 Å². The average Bonchev–Trinajstić information content (AvgIpc) is 1.99. The molecule has 1 rings (SSSR count). The van der Waals surface area contributed by atoms with Gasteiger partial charge in [-0.1, -0.05) is 31.2 Å². The van der Waals surface area contributed by atoms with Gasteiger partial charge < -0.3 is 5.11 Å². The Hall–Kier alpha value is -0.560. The summed E-state index contributed by atoms with van der Waals surface area (Å²) in [5.41, 5.74) is 0. The average molecular weight is 124 g/mol. The number of aliphatic hydroxyl groups is 1. The van der Waals surface area contributed by atoms with Crippen molar-refractivity contribution < 1.29 is 5.11 Å². The summed E-state index contributed by atoms with van der Waals surface area (Å²) < 4.78 is 0. The predicted molar refractivity (Wildman–Crippen MR) is 38.1 cm³/mol. The Morgan fingerprint density at radius 3 is 3.00 bits per heavy atom. The van der Waals surface area contributed by atoms with E-state index in [9.17, 15) is 5.11 Å². The second kappa shape index (κ2) is 2.83. The fourth-order valence-electron chi connectivity index (χ4n) is 0.879. The second-order valence-corrected chi connectivity index (χ2v) is 2.48. The third-order valence-electron chi connectivity index (χ3n) is 1.65. The van der Waals surface area contributed by atoms with Crippen molar-refractivity contribution in [3.63, 3.8) is 0 Å². The zero-order chi connectivity index (χ0) is 6.69. The predicted octanol–water partition coefficient (Wildman–Crippen LogP) is 1.50. The lowest BCUT2D eigenvalue weighted by Crippen LogP contribution is -2.13. The van der Waals surface area contributed by atoms with Crippen LogP contribution >= 0.6 is 0 Å². The van der Waals surface area contributed by atoms with Crippen LogP contribution in [0.3, 0.4) is 0 Å². The van der Waals surface area contributed by atoms with Crippen molar-refractivity contribution in [2.75, 3.05) is 0 Å². The molecule has 0 amide bonds. The van der Waals surface area contributed by atoms with Crippen molar-refractivity contribution >= 4 is 0 Å². The van der Waals surface area contributed by atoms with E-state index in [1.807, 2.05) is 31.2 Å². The minimum Gasteiger partial charge on any atom is -0.392 e. The van der Waals surface area contributed by atoms with Crippen molar-refractivity contribution in [2.45, 2.75) is 19.4 Å². The van der Waals surface area contributed by atoms with Crippen LogP contribution in [-0.2, 0) is 0 Å². The van der Waals surface area contributed by atoms with Crippen LogP contribution in [-0.4, -0.2) is 11.2 Å². The molecule has 1 N–H and O–H groups in total. The zero-order valence-corrected chi connectivity index (χ0v) is 5.62. The smallest absolute Gasteiger partial charge is 0.0634 e. The first-order valence-corrected chi connectivity index (χ1v) is 3.32. The summed E-state index contributed by atoms with van der Waals surface area (Å²) in [5, 5.41) is 9.26. The molecule has 1 nitrogen and oxygen atoms in total. The van der Waals surface area contributed by atoms with E-state index in [1.54, 1.807) is 0 Å². The van der Waals surface area contributed by atoms with E-state index in [0.717, 1.165) is 6.42 Å². The monoisotopic (exact) mass is 124 g/mol. The van der Waals surface area contributed by atoms with Gasteiger partial charge in [-0.2, -0.15) is 0 Å². The third-order valence-corrected chi connectivity index (χ3v) is 1.65. The molecule has 0 spiro atoms. The molecule has 9 heavy (non-hydrogen) atoms. The molecule has 2 unspecified atom stereocenters. The minimum atomic E-state index is -0.181. The number of hydrogen-bond donors (Lipinski definition) is 1. The van der Waals surface area contributed by atoms with Crippen molar-refractivity contribution in [1.82, 2.24) is 0 Å². The largest absolute Gasteiger partial charge is 0.392 e. The van der Waals surface area contributed by atoms with E-state index < -0.39 is 0 Å². The molecule has 1 aliphatic carbocycles. The summed E-state index contributed by atoms with van der Waals surface area (Å²) in [6.45, 7) is 2.02. The Kier molecular flexibility index (Phi) is 2.06. The summed E-state index contributed by atoms with van der Waals surface area (Å²) in [7, 11) is 0. The molecule has 0 radical (unpaired) electrons. The molecule has 0 saturated carbocycles. The van der Waals surface area contributed by atoms with Crippen LogP contribution in [0.4, 0.5) is 0 Å². The first-order valence-electron chi connectivity index (χ1n) is 3.32. The minimum absolute atomic E-state index is 0.181. The van der Waals surface area contributed by atoms with E-state index in [4.69, 9.17) is 0 Å². The van der Waals surface area contributed by atoms with Gasteiger partial charge in [0.15, 0.2) is 0 Å².